The topological polar surface area (TPSA) is 119 Å². The zero-order valence-corrected chi connectivity index (χ0v) is 20.1. The summed E-state index contributed by atoms with van der Waals surface area (Å²) in [6.45, 7) is 8.76. The monoisotopic (exact) mass is 467 g/mol. The number of aryl methyl sites for hydroxylation is 1. The van der Waals surface area contributed by atoms with Crippen LogP contribution in [-0.4, -0.2) is 49.9 Å². The van der Waals surface area contributed by atoms with Crippen molar-refractivity contribution in [1.29, 1.82) is 0 Å². The highest BCUT2D eigenvalue weighted by molar-refractivity contribution is 7.99. The number of aromatic amines is 1. The lowest BCUT2D eigenvalue weighted by atomic mass is 9.94. The lowest BCUT2D eigenvalue weighted by molar-refractivity contribution is -0.114. The molecule has 4 rings (SSSR count). The number of nitrogens with zero attached hydrogens (tertiary/aromatic N) is 4. The number of anilines is 4. The molecule has 10 heteroatoms. The van der Waals surface area contributed by atoms with Gasteiger partial charge in [-0.25, -0.2) is 9.97 Å². The lowest BCUT2D eigenvalue weighted by Crippen LogP contribution is -2.43. The van der Waals surface area contributed by atoms with Gasteiger partial charge < -0.3 is 20.6 Å². The fourth-order valence-corrected chi connectivity index (χ4v) is 4.43. The third kappa shape index (κ3) is 5.82. The van der Waals surface area contributed by atoms with Crippen molar-refractivity contribution < 1.29 is 9.90 Å². The average Bonchev–Trinajstić information content (AvgIpc) is 3.16. The summed E-state index contributed by atoms with van der Waals surface area (Å²) < 4.78 is 0. The summed E-state index contributed by atoms with van der Waals surface area (Å²) in [6.07, 6.45) is 1.37. The van der Waals surface area contributed by atoms with Crippen molar-refractivity contribution in [3.05, 3.63) is 41.6 Å². The third-order valence-electron chi connectivity index (χ3n) is 5.58. The molecular weight excluding hydrogens is 438 g/mol. The van der Waals surface area contributed by atoms with E-state index in [-0.39, 0.29) is 5.91 Å². The Morgan fingerprint density at radius 1 is 1.18 bits per heavy atom. The lowest BCUT2D eigenvalue weighted by Gasteiger charge is -2.37. The maximum absolute atomic E-state index is 11.3. The molecule has 1 fully saturated rings. The number of carbonyl (C=O) groups excluding carboxylic acids is 1. The van der Waals surface area contributed by atoms with E-state index in [4.69, 9.17) is 9.97 Å². The maximum Gasteiger partial charge on any atom is 0.221 e. The van der Waals surface area contributed by atoms with Crippen molar-refractivity contribution in [3.63, 3.8) is 0 Å². The van der Waals surface area contributed by atoms with E-state index in [0.29, 0.717) is 29.6 Å². The normalized spacial score (nSPS) is 15.4. The van der Waals surface area contributed by atoms with Crippen molar-refractivity contribution in [2.75, 3.05) is 28.6 Å². The first kappa shape index (κ1) is 23.1. The van der Waals surface area contributed by atoms with E-state index >= 15 is 0 Å². The van der Waals surface area contributed by atoms with E-state index in [2.05, 4.69) is 25.7 Å². The quantitative estimate of drug-likeness (QED) is 0.401. The molecular formula is C23H29N7O2S. The van der Waals surface area contributed by atoms with Crippen LogP contribution in [0.15, 0.2) is 40.4 Å². The fourth-order valence-electron chi connectivity index (χ4n) is 3.68. The van der Waals surface area contributed by atoms with E-state index in [1.54, 1.807) is 0 Å². The molecule has 0 saturated carbocycles. The summed E-state index contributed by atoms with van der Waals surface area (Å²) in [7, 11) is 0. The molecule has 2 aromatic heterocycles. The average molecular weight is 468 g/mol. The van der Waals surface area contributed by atoms with Crippen LogP contribution in [0, 0.1) is 13.8 Å². The molecule has 1 aromatic carbocycles. The molecule has 1 aliphatic rings. The number of H-pyrrole nitrogens is 1. The molecule has 0 bridgehead atoms. The van der Waals surface area contributed by atoms with Crippen LogP contribution in [0.4, 0.5) is 23.1 Å². The van der Waals surface area contributed by atoms with Crippen LogP contribution in [0.5, 0.6) is 0 Å². The largest absolute Gasteiger partial charge is 0.390 e. The first-order valence-electron chi connectivity index (χ1n) is 10.9. The molecule has 1 saturated heterocycles. The Bertz CT molecular complexity index is 1130. The number of carbonyl (C=O) groups is 1. The van der Waals surface area contributed by atoms with Gasteiger partial charge in [-0.2, -0.15) is 5.10 Å². The molecule has 33 heavy (non-hydrogen) atoms. The highest BCUT2D eigenvalue weighted by Crippen LogP contribution is 2.34. The second kappa shape index (κ2) is 9.40. The number of piperidine rings is 1. The van der Waals surface area contributed by atoms with Crippen molar-refractivity contribution in [3.8, 4) is 0 Å². The molecule has 0 aliphatic carbocycles. The Hall–Kier alpha value is -3.11. The van der Waals surface area contributed by atoms with Gasteiger partial charge in [0.05, 0.1) is 5.60 Å². The first-order valence-corrected chi connectivity index (χ1v) is 11.7. The van der Waals surface area contributed by atoms with Gasteiger partial charge in [0.2, 0.25) is 5.91 Å². The number of hydrogen-bond donors (Lipinski definition) is 4. The summed E-state index contributed by atoms with van der Waals surface area (Å²) in [4.78, 5) is 24.1. The standard InChI is InChI=1S/C23H29N7O2S/c1-14-13-19(29-28-14)25-20-15(2)21(30-11-9-23(4,32)10-12-30)27-22(26-20)33-18-7-5-17(6-8-18)24-16(3)31/h5-8,13,32H,9-12H2,1-4H3,(H,24,31)(H2,25,26,27,28,29). The fraction of sp³-hybridized carbons (Fsp3) is 0.391. The summed E-state index contributed by atoms with van der Waals surface area (Å²) in [5.74, 6) is 2.14. The second-order valence-corrected chi connectivity index (χ2v) is 9.70. The Balaban J connectivity index is 1.63. The smallest absolute Gasteiger partial charge is 0.221 e. The van der Waals surface area contributed by atoms with E-state index in [0.717, 1.165) is 40.7 Å². The van der Waals surface area contributed by atoms with Crippen LogP contribution in [0.2, 0.25) is 0 Å². The molecule has 3 heterocycles. The number of aromatic nitrogens is 4. The zero-order valence-electron chi connectivity index (χ0n) is 19.3. The zero-order chi connectivity index (χ0) is 23.6. The molecule has 4 N–H and O–H groups in total. The minimum atomic E-state index is -0.641. The van der Waals surface area contributed by atoms with Gasteiger partial charge in [0.1, 0.15) is 11.6 Å². The number of aliphatic hydroxyl groups is 1. The van der Waals surface area contributed by atoms with Gasteiger partial charge in [0.25, 0.3) is 0 Å². The van der Waals surface area contributed by atoms with Crippen molar-refractivity contribution in [1.82, 2.24) is 20.2 Å². The van der Waals surface area contributed by atoms with Crippen molar-refractivity contribution in [2.45, 2.75) is 56.2 Å². The van der Waals surface area contributed by atoms with Gasteiger partial charge in [-0.05, 0) is 69.6 Å². The Labute approximate surface area is 197 Å². The van der Waals surface area contributed by atoms with E-state index in [1.807, 2.05) is 51.1 Å². The van der Waals surface area contributed by atoms with Crippen molar-refractivity contribution in [2.24, 2.45) is 0 Å². The van der Waals surface area contributed by atoms with Crippen LogP contribution in [0.25, 0.3) is 0 Å². The van der Waals surface area contributed by atoms with Crippen LogP contribution in [0.1, 0.15) is 37.9 Å². The molecule has 0 radical (unpaired) electrons. The summed E-state index contributed by atoms with van der Waals surface area (Å²) in [5.41, 5.74) is 1.99. The second-order valence-electron chi connectivity index (χ2n) is 8.66. The van der Waals surface area contributed by atoms with Gasteiger partial charge in [-0.1, -0.05) is 0 Å². The van der Waals surface area contributed by atoms with Gasteiger partial charge in [-0.15, -0.1) is 0 Å². The van der Waals surface area contributed by atoms with Gasteiger partial charge in [0.15, 0.2) is 11.0 Å². The molecule has 3 aromatic rings. The number of hydrogen-bond acceptors (Lipinski definition) is 8. The molecule has 9 nitrogen and oxygen atoms in total. The molecule has 0 spiro atoms. The van der Waals surface area contributed by atoms with E-state index < -0.39 is 5.60 Å². The molecule has 0 atom stereocenters. The Morgan fingerprint density at radius 3 is 2.48 bits per heavy atom. The van der Waals surface area contributed by atoms with Crippen LogP contribution in [-0.2, 0) is 4.79 Å². The minimum Gasteiger partial charge on any atom is -0.390 e. The summed E-state index contributed by atoms with van der Waals surface area (Å²) >= 11 is 1.45. The minimum absolute atomic E-state index is 0.105. The number of amides is 1. The SMILES string of the molecule is CC(=O)Nc1ccc(Sc2nc(Nc3cc(C)[nH]n3)c(C)c(N3CCC(C)(O)CC3)n2)cc1. The third-order valence-corrected chi connectivity index (χ3v) is 6.45. The predicted molar refractivity (Wildman–Crippen MR) is 130 cm³/mol. The van der Waals surface area contributed by atoms with E-state index in [1.165, 1.54) is 18.7 Å². The first-order chi connectivity index (χ1) is 15.7. The van der Waals surface area contributed by atoms with Gasteiger partial charge in [-0.3, -0.25) is 9.89 Å². The molecule has 1 amide bonds. The molecule has 1 aliphatic heterocycles. The summed E-state index contributed by atoms with van der Waals surface area (Å²) in [5, 5.41) is 24.3. The van der Waals surface area contributed by atoms with Crippen molar-refractivity contribution >= 4 is 40.8 Å². The summed E-state index contributed by atoms with van der Waals surface area (Å²) in [6, 6.07) is 9.50. The number of rotatable bonds is 6. The van der Waals surface area contributed by atoms with Crippen LogP contribution < -0.4 is 15.5 Å². The predicted octanol–water partition coefficient (Wildman–Crippen LogP) is 4.02. The Morgan fingerprint density at radius 2 is 1.88 bits per heavy atom. The Kier molecular flexibility index (Phi) is 6.57. The highest BCUT2D eigenvalue weighted by atomic mass is 32.2. The molecule has 0 unspecified atom stereocenters. The van der Waals surface area contributed by atoms with Crippen LogP contribution >= 0.6 is 11.8 Å². The molecule has 174 valence electrons. The van der Waals surface area contributed by atoms with Crippen LogP contribution in [0.3, 0.4) is 0 Å². The van der Waals surface area contributed by atoms with Gasteiger partial charge >= 0.3 is 0 Å². The maximum atomic E-state index is 11.3. The number of nitrogens with one attached hydrogen (secondary N) is 3. The highest BCUT2D eigenvalue weighted by Gasteiger charge is 2.29. The van der Waals surface area contributed by atoms with E-state index in [9.17, 15) is 9.90 Å². The number of benzene rings is 1. The van der Waals surface area contributed by atoms with Gasteiger partial charge in [0, 0.05) is 47.9 Å².